The van der Waals surface area contributed by atoms with Gasteiger partial charge in [0.25, 0.3) is 0 Å². The van der Waals surface area contributed by atoms with Crippen LogP contribution >= 0.6 is 0 Å². The topological polar surface area (TPSA) is 38.0 Å². The molecule has 0 saturated heterocycles. The quantitative estimate of drug-likeness (QED) is 0.861. The third-order valence-electron chi connectivity index (χ3n) is 2.80. The first-order chi connectivity index (χ1) is 8.00. The Morgan fingerprint density at radius 1 is 1.12 bits per heavy atom. The standard InChI is InChI=1S/C14H18N2O/c1-14(2,3)11-4-6-13(7-5-11)16-9-8-12(10-17)15-16/h4-9,17H,10H2,1-3H3. The molecule has 90 valence electrons. The Morgan fingerprint density at radius 3 is 2.24 bits per heavy atom. The van der Waals surface area contributed by atoms with Crippen molar-refractivity contribution in [3.8, 4) is 5.69 Å². The fourth-order valence-electron chi connectivity index (χ4n) is 1.70. The highest BCUT2D eigenvalue weighted by Gasteiger charge is 2.13. The molecule has 3 heteroatoms. The van der Waals surface area contributed by atoms with E-state index in [0.717, 1.165) is 5.69 Å². The minimum atomic E-state index is -0.0208. The fourth-order valence-corrected chi connectivity index (χ4v) is 1.70. The van der Waals surface area contributed by atoms with Crippen LogP contribution in [-0.4, -0.2) is 14.9 Å². The first kappa shape index (κ1) is 11.9. The highest BCUT2D eigenvalue weighted by molar-refractivity contribution is 5.36. The van der Waals surface area contributed by atoms with Crippen LogP contribution in [0.15, 0.2) is 36.5 Å². The zero-order chi connectivity index (χ0) is 12.5. The number of benzene rings is 1. The lowest BCUT2D eigenvalue weighted by molar-refractivity contribution is 0.276. The molecule has 0 atom stereocenters. The Balaban J connectivity index is 2.29. The second-order valence-corrected chi connectivity index (χ2v) is 5.21. The van der Waals surface area contributed by atoms with Gasteiger partial charge in [0.1, 0.15) is 0 Å². The van der Waals surface area contributed by atoms with Crippen LogP contribution in [0.3, 0.4) is 0 Å². The summed E-state index contributed by atoms with van der Waals surface area (Å²) in [5.74, 6) is 0. The molecule has 0 bridgehead atoms. The molecule has 0 amide bonds. The normalized spacial score (nSPS) is 11.8. The van der Waals surface area contributed by atoms with Crippen molar-refractivity contribution in [1.29, 1.82) is 0 Å². The zero-order valence-electron chi connectivity index (χ0n) is 10.5. The summed E-state index contributed by atoms with van der Waals surface area (Å²) in [6.45, 7) is 6.56. The number of nitrogens with zero attached hydrogens (tertiary/aromatic N) is 2. The molecule has 0 radical (unpaired) electrons. The molecule has 17 heavy (non-hydrogen) atoms. The highest BCUT2D eigenvalue weighted by Crippen LogP contribution is 2.22. The molecule has 0 unspecified atom stereocenters. The van der Waals surface area contributed by atoms with E-state index in [-0.39, 0.29) is 12.0 Å². The van der Waals surface area contributed by atoms with Crippen LogP contribution in [0.5, 0.6) is 0 Å². The van der Waals surface area contributed by atoms with Gasteiger partial charge in [-0.1, -0.05) is 32.9 Å². The predicted molar refractivity (Wildman–Crippen MR) is 68.2 cm³/mol. The Labute approximate surface area is 102 Å². The van der Waals surface area contributed by atoms with Gasteiger partial charge in [0, 0.05) is 6.20 Å². The molecule has 0 aliphatic carbocycles. The van der Waals surface area contributed by atoms with Crippen LogP contribution in [0.25, 0.3) is 5.69 Å². The molecule has 1 heterocycles. The fraction of sp³-hybridized carbons (Fsp3) is 0.357. The van der Waals surface area contributed by atoms with Gasteiger partial charge in [0.2, 0.25) is 0 Å². The summed E-state index contributed by atoms with van der Waals surface area (Å²) >= 11 is 0. The predicted octanol–water partition coefficient (Wildman–Crippen LogP) is 2.66. The lowest BCUT2D eigenvalue weighted by atomic mass is 9.87. The molecule has 1 N–H and O–H groups in total. The average Bonchev–Trinajstić information content (AvgIpc) is 2.76. The Bertz CT molecular complexity index is 492. The van der Waals surface area contributed by atoms with E-state index in [4.69, 9.17) is 5.11 Å². The largest absolute Gasteiger partial charge is 0.390 e. The molecule has 0 aliphatic heterocycles. The van der Waals surface area contributed by atoms with Gasteiger partial charge in [-0.3, -0.25) is 0 Å². The minimum Gasteiger partial charge on any atom is -0.390 e. The molecule has 0 aliphatic rings. The van der Waals surface area contributed by atoms with Crippen LogP contribution in [-0.2, 0) is 12.0 Å². The average molecular weight is 230 g/mol. The van der Waals surface area contributed by atoms with Gasteiger partial charge in [-0.25, -0.2) is 4.68 Å². The van der Waals surface area contributed by atoms with Crippen molar-refractivity contribution in [2.75, 3.05) is 0 Å². The molecule has 0 saturated carbocycles. The molecule has 1 aromatic carbocycles. The Morgan fingerprint density at radius 2 is 1.76 bits per heavy atom. The van der Waals surface area contributed by atoms with Gasteiger partial charge < -0.3 is 5.11 Å². The zero-order valence-corrected chi connectivity index (χ0v) is 10.5. The maximum atomic E-state index is 8.97. The number of aliphatic hydroxyl groups excluding tert-OH is 1. The third-order valence-corrected chi connectivity index (χ3v) is 2.80. The monoisotopic (exact) mass is 230 g/mol. The molecular weight excluding hydrogens is 212 g/mol. The lowest BCUT2D eigenvalue weighted by Gasteiger charge is -2.19. The molecule has 3 nitrogen and oxygen atoms in total. The van der Waals surface area contributed by atoms with Crippen LogP contribution in [0, 0.1) is 0 Å². The maximum absolute atomic E-state index is 8.97. The smallest absolute Gasteiger partial charge is 0.0883 e. The van der Waals surface area contributed by atoms with E-state index in [1.165, 1.54) is 5.56 Å². The van der Waals surface area contributed by atoms with Gasteiger partial charge in [0.05, 0.1) is 18.0 Å². The van der Waals surface area contributed by atoms with Gasteiger partial charge in [-0.2, -0.15) is 5.10 Å². The summed E-state index contributed by atoms with van der Waals surface area (Å²) in [7, 11) is 0. The van der Waals surface area contributed by atoms with Crippen LogP contribution in [0.4, 0.5) is 0 Å². The number of hydrogen-bond donors (Lipinski definition) is 1. The van der Waals surface area contributed by atoms with E-state index in [9.17, 15) is 0 Å². The molecular formula is C14H18N2O. The summed E-state index contributed by atoms with van der Waals surface area (Å²) < 4.78 is 1.78. The number of hydrogen-bond acceptors (Lipinski definition) is 2. The molecule has 2 rings (SSSR count). The van der Waals surface area contributed by atoms with Gasteiger partial charge >= 0.3 is 0 Å². The second-order valence-electron chi connectivity index (χ2n) is 5.21. The van der Waals surface area contributed by atoms with Crippen molar-refractivity contribution < 1.29 is 5.11 Å². The van der Waals surface area contributed by atoms with E-state index in [2.05, 4.69) is 50.1 Å². The van der Waals surface area contributed by atoms with Crippen molar-refractivity contribution >= 4 is 0 Å². The van der Waals surface area contributed by atoms with E-state index >= 15 is 0 Å². The van der Waals surface area contributed by atoms with Gasteiger partial charge in [0.15, 0.2) is 0 Å². The van der Waals surface area contributed by atoms with Crippen LogP contribution in [0.2, 0.25) is 0 Å². The summed E-state index contributed by atoms with van der Waals surface area (Å²) in [6, 6.07) is 10.2. The Hall–Kier alpha value is -1.61. The molecule has 0 fully saturated rings. The first-order valence-electron chi connectivity index (χ1n) is 5.77. The summed E-state index contributed by atoms with van der Waals surface area (Å²) in [6.07, 6.45) is 1.86. The van der Waals surface area contributed by atoms with E-state index < -0.39 is 0 Å². The summed E-state index contributed by atoms with van der Waals surface area (Å²) in [5, 5.41) is 13.2. The van der Waals surface area contributed by atoms with E-state index in [1.807, 2.05) is 12.3 Å². The lowest BCUT2D eigenvalue weighted by Crippen LogP contribution is -2.10. The summed E-state index contributed by atoms with van der Waals surface area (Å²) in [4.78, 5) is 0. The third kappa shape index (κ3) is 2.56. The van der Waals surface area contributed by atoms with Crippen molar-refractivity contribution in [3.05, 3.63) is 47.8 Å². The summed E-state index contributed by atoms with van der Waals surface area (Å²) in [5.41, 5.74) is 3.16. The van der Waals surface area contributed by atoms with E-state index in [0.29, 0.717) is 5.69 Å². The Kier molecular flexibility index (Phi) is 3.03. The number of aromatic nitrogens is 2. The second kappa shape index (κ2) is 4.34. The molecule has 1 aromatic heterocycles. The van der Waals surface area contributed by atoms with Crippen molar-refractivity contribution in [2.24, 2.45) is 0 Å². The number of rotatable bonds is 2. The minimum absolute atomic E-state index is 0.0208. The van der Waals surface area contributed by atoms with Crippen molar-refractivity contribution in [3.63, 3.8) is 0 Å². The van der Waals surface area contributed by atoms with Gasteiger partial charge in [-0.05, 0) is 29.2 Å². The molecule has 2 aromatic rings. The van der Waals surface area contributed by atoms with Crippen LogP contribution < -0.4 is 0 Å². The van der Waals surface area contributed by atoms with Crippen molar-refractivity contribution in [2.45, 2.75) is 32.8 Å². The maximum Gasteiger partial charge on any atom is 0.0883 e. The number of aliphatic hydroxyl groups is 1. The first-order valence-corrected chi connectivity index (χ1v) is 5.77. The van der Waals surface area contributed by atoms with Crippen LogP contribution in [0.1, 0.15) is 32.0 Å². The van der Waals surface area contributed by atoms with E-state index in [1.54, 1.807) is 4.68 Å². The van der Waals surface area contributed by atoms with Crippen molar-refractivity contribution in [1.82, 2.24) is 9.78 Å². The SMILES string of the molecule is CC(C)(C)c1ccc(-n2ccc(CO)n2)cc1. The molecule has 0 spiro atoms. The van der Waals surface area contributed by atoms with Gasteiger partial charge in [-0.15, -0.1) is 0 Å². The highest BCUT2D eigenvalue weighted by atomic mass is 16.3.